The van der Waals surface area contributed by atoms with Gasteiger partial charge < -0.3 is 15.5 Å². The summed E-state index contributed by atoms with van der Waals surface area (Å²) >= 11 is 2.33. The molecule has 3 rings (SSSR count). The number of para-hydroxylation sites is 1. The largest absolute Gasteiger partial charge is 0.481 e. The van der Waals surface area contributed by atoms with Crippen LogP contribution >= 0.6 is 23.1 Å². The summed E-state index contributed by atoms with van der Waals surface area (Å²) in [6, 6.07) is 15.7. The number of thioether (sulfide) groups is 1. The molecule has 8 heteroatoms. The van der Waals surface area contributed by atoms with Crippen LogP contribution in [0.5, 0.6) is 0 Å². The first-order valence-corrected chi connectivity index (χ1v) is 9.51. The quantitative estimate of drug-likeness (QED) is 0.503. The minimum Gasteiger partial charge on any atom is -0.481 e. The lowest BCUT2D eigenvalue weighted by Crippen LogP contribution is -2.20. The zero-order valence-electron chi connectivity index (χ0n) is 13.6. The molecule has 0 aliphatic carbocycles. The monoisotopic (exact) mass is 388 g/mol. The third-order valence-electron chi connectivity index (χ3n) is 3.60. The highest BCUT2D eigenvalue weighted by molar-refractivity contribution is 8.02. The van der Waals surface area contributed by atoms with E-state index in [0.717, 1.165) is 33.2 Å². The molecule has 1 heterocycles. The first-order chi connectivity index (χ1) is 12.5. The lowest BCUT2D eigenvalue weighted by molar-refractivity contribution is -0.142. The highest BCUT2D eigenvalue weighted by Gasteiger charge is 2.24. The molecule has 0 aliphatic rings. The van der Waals surface area contributed by atoms with Crippen LogP contribution in [0.2, 0.25) is 0 Å². The predicted molar refractivity (Wildman–Crippen MR) is 103 cm³/mol. The third kappa shape index (κ3) is 4.53. The molecule has 0 radical (unpaired) electrons. The summed E-state index contributed by atoms with van der Waals surface area (Å²) in [7, 11) is 0. The van der Waals surface area contributed by atoms with Crippen LogP contribution in [0, 0.1) is 0 Å². The summed E-state index contributed by atoms with van der Waals surface area (Å²) in [5, 5.41) is 20.4. The second-order valence-corrected chi connectivity index (χ2v) is 7.99. The van der Waals surface area contributed by atoms with Crippen molar-refractivity contribution >= 4 is 50.9 Å². The van der Waals surface area contributed by atoms with Crippen molar-refractivity contribution in [2.24, 2.45) is 0 Å². The lowest BCUT2D eigenvalue weighted by Gasteiger charge is -2.07. The highest BCUT2D eigenvalue weighted by atomic mass is 32.2. The van der Waals surface area contributed by atoms with Gasteiger partial charge in [-0.2, -0.15) is 0 Å². The third-order valence-corrected chi connectivity index (χ3v) is 5.90. The zero-order valence-corrected chi connectivity index (χ0v) is 15.2. The minimum atomic E-state index is -1.15. The number of fused-ring (bicyclic) bond motifs is 1. The van der Waals surface area contributed by atoms with Gasteiger partial charge >= 0.3 is 11.9 Å². The molecule has 0 fully saturated rings. The Balaban J connectivity index is 1.79. The molecule has 3 N–H and O–H groups in total. The van der Waals surface area contributed by atoms with Gasteiger partial charge in [0, 0.05) is 6.54 Å². The zero-order chi connectivity index (χ0) is 18.5. The number of carboxylic acids is 2. The van der Waals surface area contributed by atoms with E-state index in [-0.39, 0.29) is 0 Å². The Kier molecular flexibility index (Phi) is 5.75. The van der Waals surface area contributed by atoms with E-state index in [2.05, 4.69) is 10.3 Å². The van der Waals surface area contributed by atoms with Crippen molar-refractivity contribution < 1.29 is 19.8 Å². The van der Waals surface area contributed by atoms with E-state index in [1.165, 1.54) is 11.3 Å². The highest BCUT2D eigenvalue weighted by Crippen LogP contribution is 2.36. The first kappa shape index (κ1) is 18.2. The van der Waals surface area contributed by atoms with Gasteiger partial charge in [-0.25, -0.2) is 4.98 Å². The van der Waals surface area contributed by atoms with Gasteiger partial charge in [0.15, 0.2) is 4.34 Å². The normalized spacial score (nSPS) is 12.0. The standard InChI is InChI=1S/C18H16N2O4S2/c21-15(22)9-14(17(23)24)26-18-20-16-12(7-4-8-13(16)25-18)19-10-11-5-2-1-3-6-11/h1-8,14,19H,9-10H2,(H,21,22)(H,23,24). The average molecular weight is 388 g/mol. The molecular formula is C18H16N2O4S2. The second kappa shape index (κ2) is 8.20. The van der Waals surface area contributed by atoms with Gasteiger partial charge in [0.05, 0.1) is 16.8 Å². The molecule has 3 aromatic rings. The van der Waals surface area contributed by atoms with Crippen molar-refractivity contribution in [3.8, 4) is 0 Å². The molecule has 6 nitrogen and oxygen atoms in total. The van der Waals surface area contributed by atoms with Crippen molar-refractivity contribution in [1.29, 1.82) is 0 Å². The lowest BCUT2D eigenvalue weighted by atomic mass is 10.2. The summed E-state index contributed by atoms with van der Waals surface area (Å²) in [6.07, 6.45) is -0.449. The van der Waals surface area contributed by atoms with Crippen molar-refractivity contribution in [3.63, 3.8) is 0 Å². The van der Waals surface area contributed by atoms with Crippen molar-refractivity contribution in [1.82, 2.24) is 4.98 Å². The van der Waals surface area contributed by atoms with Crippen LogP contribution in [0.3, 0.4) is 0 Å². The molecule has 0 bridgehead atoms. The molecule has 26 heavy (non-hydrogen) atoms. The van der Waals surface area contributed by atoms with Crippen molar-refractivity contribution in [3.05, 3.63) is 54.1 Å². The molecule has 0 saturated carbocycles. The fraction of sp³-hybridized carbons (Fsp3) is 0.167. The number of anilines is 1. The first-order valence-electron chi connectivity index (χ1n) is 7.81. The number of thiazole rings is 1. The summed E-state index contributed by atoms with van der Waals surface area (Å²) < 4.78 is 1.47. The maximum absolute atomic E-state index is 11.3. The molecule has 0 saturated heterocycles. The Morgan fingerprint density at radius 2 is 1.88 bits per heavy atom. The fourth-order valence-corrected chi connectivity index (χ4v) is 4.62. The Bertz CT molecular complexity index is 927. The Morgan fingerprint density at radius 1 is 1.12 bits per heavy atom. The number of nitrogens with zero attached hydrogens (tertiary/aromatic N) is 1. The van der Waals surface area contributed by atoms with E-state index in [4.69, 9.17) is 5.11 Å². The number of hydrogen-bond acceptors (Lipinski definition) is 6. The maximum Gasteiger partial charge on any atom is 0.317 e. The summed E-state index contributed by atoms with van der Waals surface area (Å²) in [5.74, 6) is -2.30. The number of hydrogen-bond donors (Lipinski definition) is 3. The van der Waals surface area contributed by atoms with Crippen molar-refractivity contribution in [2.45, 2.75) is 22.6 Å². The van der Waals surface area contributed by atoms with Gasteiger partial charge in [0.1, 0.15) is 10.8 Å². The predicted octanol–water partition coefficient (Wildman–Crippen LogP) is 3.93. The topological polar surface area (TPSA) is 99.5 Å². The molecule has 134 valence electrons. The van der Waals surface area contributed by atoms with Crippen LogP contribution in [-0.2, 0) is 16.1 Å². The van der Waals surface area contributed by atoms with Crippen LogP contribution < -0.4 is 5.32 Å². The number of rotatable bonds is 8. The minimum absolute atomic E-state index is 0.449. The average Bonchev–Trinajstić information content (AvgIpc) is 3.03. The molecule has 0 aliphatic heterocycles. The van der Waals surface area contributed by atoms with Crippen LogP contribution in [0.1, 0.15) is 12.0 Å². The Hall–Kier alpha value is -2.58. The number of aliphatic carboxylic acids is 2. The van der Waals surface area contributed by atoms with Gasteiger partial charge in [0.2, 0.25) is 0 Å². The van der Waals surface area contributed by atoms with Gasteiger partial charge in [-0.05, 0) is 17.7 Å². The van der Waals surface area contributed by atoms with E-state index < -0.39 is 23.6 Å². The molecule has 1 aromatic heterocycles. The Morgan fingerprint density at radius 3 is 2.58 bits per heavy atom. The van der Waals surface area contributed by atoms with E-state index in [1.54, 1.807) is 0 Å². The summed E-state index contributed by atoms with van der Waals surface area (Å²) in [5.41, 5.74) is 2.76. The number of benzene rings is 2. The molecule has 2 aromatic carbocycles. The van der Waals surface area contributed by atoms with Crippen molar-refractivity contribution in [2.75, 3.05) is 5.32 Å². The number of nitrogens with one attached hydrogen (secondary N) is 1. The van der Waals surface area contributed by atoms with Gasteiger partial charge in [0.25, 0.3) is 0 Å². The maximum atomic E-state index is 11.3. The van der Waals surface area contributed by atoms with E-state index in [1.807, 2.05) is 48.5 Å². The molecular weight excluding hydrogens is 372 g/mol. The smallest absolute Gasteiger partial charge is 0.317 e. The Labute approximate surface area is 157 Å². The van der Waals surface area contributed by atoms with Gasteiger partial charge in [-0.3, -0.25) is 9.59 Å². The van der Waals surface area contributed by atoms with Crippen LogP contribution in [-0.4, -0.2) is 32.4 Å². The van der Waals surface area contributed by atoms with Crippen LogP contribution in [0.25, 0.3) is 10.2 Å². The van der Waals surface area contributed by atoms with E-state index in [0.29, 0.717) is 10.9 Å². The van der Waals surface area contributed by atoms with E-state index >= 15 is 0 Å². The van der Waals surface area contributed by atoms with E-state index in [9.17, 15) is 14.7 Å². The second-order valence-electron chi connectivity index (χ2n) is 5.51. The molecule has 1 unspecified atom stereocenters. The van der Waals surface area contributed by atoms with Crippen LogP contribution in [0.4, 0.5) is 5.69 Å². The summed E-state index contributed by atoms with van der Waals surface area (Å²) in [6.45, 7) is 0.650. The molecule has 0 amide bonds. The SMILES string of the molecule is O=C(O)CC(Sc1nc2c(NCc3ccccc3)cccc2s1)C(=O)O. The fourth-order valence-electron chi connectivity index (χ4n) is 2.37. The molecule has 0 spiro atoms. The summed E-state index contributed by atoms with van der Waals surface area (Å²) in [4.78, 5) is 26.6. The van der Waals surface area contributed by atoms with Gasteiger partial charge in [-0.1, -0.05) is 48.2 Å². The molecule has 1 atom stereocenters. The van der Waals surface area contributed by atoms with Gasteiger partial charge in [-0.15, -0.1) is 11.3 Å². The van der Waals surface area contributed by atoms with Crippen LogP contribution in [0.15, 0.2) is 52.9 Å². The number of aromatic nitrogens is 1. The number of carboxylic acid groups (broad SMARTS) is 2. The number of carbonyl (C=O) groups is 2.